The topological polar surface area (TPSA) is 122 Å². The zero-order valence-corrected chi connectivity index (χ0v) is 15.4. The van der Waals surface area contributed by atoms with Gasteiger partial charge in [0, 0.05) is 11.8 Å². The number of hydrogen-bond acceptors (Lipinski definition) is 6. The second kappa shape index (κ2) is 7.93. The SMILES string of the molecule is O=[N+]([O-])c1cc(S(=O)(=O)Nc2ccccc2)ccc1N[C@H]1CCCC[C@@H]1O. The Morgan fingerprint density at radius 2 is 1.78 bits per heavy atom. The highest BCUT2D eigenvalue weighted by Gasteiger charge is 2.27. The van der Waals surface area contributed by atoms with Crippen LogP contribution in [0.5, 0.6) is 0 Å². The van der Waals surface area contributed by atoms with Crippen LogP contribution < -0.4 is 10.0 Å². The van der Waals surface area contributed by atoms with Gasteiger partial charge in [-0.25, -0.2) is 8.42 Å². The van der Waals surface area contributed by atoms with Crippen molar-refractivity contribution < 1.29 is 18.4 Å². The number of para-hydroxylation sites is 1. The number of anilines is 2. The van der Waals surface area contributed by atoms with E-state index in [2.05, 4.69) is 10.0 Å². The Morgan fingerprint density at radius 3 is 2.44 bits per heavy atom. The van der Waals surface area contributed by atoms with Crippen molar-refractivity contribution in [2.75, 3.05) is 10.0 Å². The number of nitro groups is 1. The minimum atomic E-state index is -3.96. The molecule has 0 amide bonds. The van der Waals surface area contributed by atoms with Crippen LogP contribution >= 0.6 is 0 Å². The molecule has 0 spiro atoms. The van der Waals surface area contributed by atoms with Gasteiger partial charge in [0.15, 0.2) is 0 Å². The highest BCUT2D eigenvalue weighted by atomic mass is 32.2. The third kappa shape index (κ3) is 4.55. The number of benzene rings is 2. The van der Waals surface area contributed by atoms with Crippen molar-refractivity contribution >= 4 is 27.1 Å². The van der Waals surface area contributed by atoms with Crippen molar-refractivity contribution in [3.8, 4) is 0 Å². The fourth-order valence-corrected chi connectivity index (χ4v) is 4.23. The molecule has 0 saturated heterocycles. The molecule has 0 aromatic heterocycles. The van der Waals surface area contributed by atoms with Gasteiger partial charge in [-0.05, 0) is 37.1 Å². The van der Waals surface area contributed by atoms with Gasteiger partial charge >= 0.3 is 0 Å². The molecule has 0 unspecified atom stereocenters. The quantitative estimate of drug-likeness (QED) is 0.514. The normalized spacial score (nSPS) is 20.0. The predicted molar refractivity (Wildman–Crippen MR) is 102 cm³/mol. The van der Waals surface area contributed by atoms with Crippen molar-refractivity contribution in [1.29, 1.82) is 0 Å². The standard InChI is InChI=1S/C18H21N3O5S/c22-18-9-5-4-8-16(18)19-15-11-10-14(12-17(15)21(23)24)27(25,26)20-13-6-2-1-3-7-13/h1-3,6-7,10-12,16,18-20,22H,4-5,8-9H2/t16-,18-/m0/s1. The van der Waals surface area contributed by atoms with E-state index in [0.717, 1.165) is 18.9 Å². The third-order valence-corrected chi connectivity index (χ3v) is 5.95. The van der Waals surface area contributed by atoms with E-state index in [9.17, 15) is 23.6 Å². The first kappa shape index (κ1) is 19.1. The maximum absolute atomic E-state index is 12.5. The summed E-state index contributed by atoms with van der Waals surface area (Å²) in [7, 11) is -3.96. The highest BCUT2D eigenvalue weighted by molar-refractivity contribution is 7.92. The van der Waals surface area contributed by atoms with E-state index in [1.54, 1.807) is 30.3 Å². The number of aliphatic hydroxyl groups excluding tert-OH is 1. The number of sulfonamides is 1. The zero-order valence-electron chi connectivity index (χ0n) is 14.5. The van der Waals surface area contributed by atoms with Crippen molar-refractivity contribution in [3.63, 3.8) is 0 Å². The Bertz CT molecular complexity index is 918. The van der Waals surface area contributed by atoms with E-state index in [1.807, 2.05) is 0 Å². The minimum absolute atomic E-state index is 0.199. The van der Waals surface area contributed by atoms with Crippen LogP contribution in [0, 0.1) is 10.1 Å². The molecule has 27 heavy (non-hydrogen) atoms. The maximum atomic E-state index is 12.5. The number of nitrogens with zero attached hydrogens (tertiary/aromatic N) is 1. The molecule has 2 atom stereocenters. The molecular formula is C18H21N3O5S. The summed E-state index contributed by atoms with van der Waals surface area (Å²) in [6, 6.07) is 11.7. The average Bonchev–Trinajstić information content (AvgIpc) is 2.64. The Hall–Kier alpha value is -2.65. The van der Waals surface area contributed by atoms with Crippen molar-refractivity contribution in [3.05, 3.63) is 58.6 Å². The van der Waals surface area contributed by atoms with Gasteiger partial charge in [-0.2, -0.15) is 0 Å². The zero-order chi connectivity index (χ0) is 19.4. The summed E-state index contributed by atoms with van der Waals surface area (Å²) >= 11 is 0. The van der Waals surface area contributed by atoms with E-state index in [-0.39, 0.29) is 22.3 Å². The summed E-state index contributed by atoms with van der Waals surface area (Å²) in [5.74, 6) is 0. The first-order chi connectivity index (χ1) is 12.9. The molecule has 1 saturated carbocycles. The molecule has 144 valence electrons. The molecule has 2 aromatic rings. The number of aliphatic hydroxyl groups is 1. The van der Waals surface area contributed by atoms with Gasteiger partial charge in [-0.3, -0.25) is 14.8 Å². The fourth-order valence-electron chi connectivity index (χ4n) is 3.15. The molecule has 1 aliphatic carbocycles. The van der Waals surface area contributed by atoms with Crippen LogP contribution in [-0.4, -0.2) is 30.6 Å². The summed E-state index contributed by atoms with van der Waals surface area (Å²) in [4.78, 5) is 10.6. The molecule has 1 fully saturated rings. The van der Waals surface area contributed by atoms with E-state index in [4.69, 9.17) is 0 Å². The second-order valence-corrected chi connectivity index (χ2v) is 8.19. The second-order valence-electron chi connectivity index (χ2n) is 6.51. The molecule has 3 N–H and O–H groups in total. The molecular weight excluding hydrogens is 370 g/mol. The lowest BCUT2D eigenvalue weighted by Crippen LogP contribution is -2.36. The Kier molecular flexibility index (Phi) is 5.62. The van der Waals surface area contributed by atoms with Gasteiger partial charge in [0.05, 0.1) is 22.0 Å². The minimum Gasteiger partial charge on any atom is -0.391 e. The summed E-state index contributed by atoms with van der Waals surface area (Å²) in [6.07, 6.45) is 2.61. The Morgan fingerprint density at radius 1 is 1.07 bits per heavy atom. The largest absolute Gasteiger partial charge is 0.391 e. The van der Waals surface area contributed by atoms with Gasteiger partial charge < -0.3 is 10.4 Å². The monoisotopic (exact) mass is 391 g/mol. The maximum Gasteiger partial charge on any atom is 0.293 e. The lowest BCUT2D eigenvalue weighted by Gasteiger charge is -2.29. The number of hydrogen-bond donors (Lipinski definition) is 3. The van der Waals surface area contributed by atoms with E-state index < -0.39 is 21.1 Å². The number of nitrogens with one attached hydrogen (secondary N) is 2. The molecule has 8 nitrogen and oxygen atoms in total. The fraction of sp³-hybridized carbons (Fsp3) is 0.333. The van der Waals surface area contributed by atoms with Crippen LogP contribution in [0.25, 0.3) is 0 Å². The molecule has 3 rings (SSSR count). The lowest BCUT2D eigenvalue weighted by atomic mass is 9.92. The van der Waals surface area contributed by atoms with Crippen LogP contribution in [0.3, 0.4) is 0 Å². The molecule has 0 aliphatic heterocycles. The smallest absolute Gasteiger partial charge is 0.293 e. The van der Waals surface area contributed by atoms with Crippen LogP contribution in [0.15, 0.2) is 53.4 Å². The third-order valence-electron chi connectivity index (χ3n) is 4.57. The van der Waals surface area contributed by atoms with Crippen LogP contribution in [0.2, 0.25) is 0 Å². The van der Waals surface area contributed by atoms with E-state index in [0.29, 0.717) is 18.5 Å². The molecule has 9 heteroatoms. The van der Waals surface area contributed by atoms with E-state index >= 15 is 0 Å². The summed E-state index contributed by atoms with van der Waals surface area (Å²) in [6.45, 7) is 0. The van der Waals surface area contributed by atoms with Crippen LogP contribution in [-0.2, 0) is 10.0 Å². The molecule has 0 bridgehead atoms. The van der Waals surface area contributed by atoms with Crippen LogP contribution in [0.4, 0.5) is 17.1 Å². The molecule has 1 aliphatic rings. The van der Waals surface area contributed by atoms with Crippen molar-refractivity contribution in [1.82, 2.24) is 0 Å². The summed E-state index contributed by atoms with van der Waals surface area (Å²) in [5.41, 5.74) is 0.223. The van der Waals surface area contributed by atoms with Gasteiger partial charge in [-0.1, -0.05) is 31.0 Å². The van der Waals surface area contributed by atoms with Gasteiger partial charge in [0.25, 0.3) is 15.7 Å². The van der Waals surface area contributed by atoms with E-state index in [1.165, 1.54) is 12.1 Å². The molecule has 0 heterocycles. The van der Waals surface area contributed by atoms with Crippen molar-refractivity contribution in [2.45, 2.75) is 42.7 Å². The molecule has 2 aromatic carbocycles. The Balaban J connectivity index is 1.88. The predicted octanol–water partition coefficient (Wildman–Crippen LogP) is 3.11. The summed E-state index contributed by atoms with van der Waals surface area (Å²) in [5, 5.41) is 24.5. The first-order valence-electron chi connectivity index (χ1n) is 8.68. The van der Waals surface area contributed by atoms with Gasteiger partial charge in [-0.15, -0.1) is 0 Å². The molecule has 0 radical (unpaired) electrons. The highest BCUT2D eigenvalue weighted by Crippen LogP contribution is 2.31. The number of rotatable bonds is 6. The van der Waals surface area contributed by atoms with Gasteiger partial charge in [0.1, 0.15) is 5.69 Å². The lowest BCUT2D eigenvalue weighted by molar-refractivity contribution is -0.384. The first-order valence-corrected chi connectivity index (χ1v) is 10.2. The number of nitro benzene ring substituents is 1. The summed E-state index contributed by atoms with van der Waals surface area (Å²) < 4.78 is 27.5. The Labute approximate surface area is 157 Å². The van der Waals surface area contributed by atoms with Gasteiger partial charge in [0.2, 0.25) is 0 Å². The van der Waals surface area contributed by atoms with Crippen molar-refractivity contribution in [2.24, 2.45) is 0 Å². The van der Waals surface area contributed by atoms with Crippen LogP contribution in [0.1, 0.15) is 25.7 Å². The average molecular weight is 391 g/mol.